The van der Waals surface area contributed by atoms with Crippen LogP contribution in [0.25, 0.3) is 84.9 Å². The fourth-order valence-corrected chi connectivity index (χ4v) is 13.0. The highest BCUT2D eigenvalue weighted by Crippen LogP contribution is 2.51. The zero-order valence-corrected chi connectivity index (χ0v) is 40.7. The SMILES string of the molecule is Cc1cc(-c2cc(N(c3ccccc3)c3ccccc3)cc3c2sc2cccc(-c4ccccc4)c23)cc(-c2cc(N(c3ccccc3)c3ccccc3)cc3c2sc2cccc(-c4ccccc4)c23)c1. The van der Waals surface area contributed by atoms with Gasteiger partial charge in [-0.1, -0.05) is 170 Å². The van der Waals surface area contributed by atoms with E-state index in [2.05, 4.69) is 278 Å². The Balaban J connectivity index is 1.10. The molecule has 2 aromatic heterocycles. The summed E-state index contributed by atoms with van der Waals surface area (Å²) in [6.07, 6.45) is 0. The number of benzene rings is 11. The molecule has 0 unspecified atom stereocenters. The predicted molar refractivity (Wildman–Crippen MR) is 308 cm³/mol. The van der Waals surface area contributed by atoms with Gasteiger partial charge in [0.15, 0.2) is 0 Å². The average molecular weight is 943 g/mol. The summed E-state index contributed by atoms with van der Waals surface area (Å²) in [5.74, 6) is 0. The molecule has 0 saturated carbocycles. The summed E-state index contributed by atoms with van der Waals surface area (Å²) in [5.41, 5.74) is 17.6. The maximum atomic E-state index is 2.46. The highest BCUT2D eigenvalue weighted by Gasteiger charge is 2.23. The van der Waals surface area contributed by atoms with Gasteiger partial charge in [-0.3, -0.25) is 0 Å². The minimum atomic E-state index is 1.11. The van der Waals surface area contributed by atoms with Crippen LogP contribution in [0, 0.1) is 6.92 Å². The minimum absolute atomic E-state index is 1.11. The van der Waals surface area contributed by atoms with Gasteiger partial charge in [-0.15, -0.1) is 22.7 Å². The topological polar surface area (TPSA) is 6.48 Å². The molecule has 11 aromatic carbocycles. The van der Waals surface area contributed by atoms with E-state index in [0.29, 0.717) is 0 Å². The molecule has 0 fully saturated rings. The maximum Gasteiger partial charge on any atom is 0.0475 e. The summed E-state index contributed by atoms with van der Waals surface area (Å²) in [4.78, 5) is 4.81. The molecule has 0 aliphatic rings. The van der Waals surface area contributed by atoms with Gasteiger partial charge in [0.2, 0.25) is 0 Å². The van der Waals surface area contributed by atoms with E-state index >= 15 is 0 Å². The first-order valence-corrected chi connectivity index (χ1v) is 25.8. The van der Waals surface area contributed by atoms with Crippen LogP contribution in [0.15, 0.2) is 261 Å². The van der Waals surface area contributed by atoms with Gasteiger partial charge in [-0.05, 0) is 137 Å². The summed E-state index contributed by atoms with van der Waals surface area (Å²) in [7, 11) is 0. The quantitative estimate of drug-likeness (QED) is 0.135. The first kappa shape index (κ1) is 42.6. The van der Waals surface area contributed by atoms with Crippen LogP contribution in [0.4, 0.5) is 34.1 Å². The smallest absolute Gasteiger partial charge is 0.0475 e. The molecule has 71 heavy (non-hydrogen) atoms. The first-order chi connectivity index (χ1) is 35.1. The molecule has 2 nitrogen and oxygen atoms in total. The van der Waals surface area contributed by atoms with Gasteiger partial charge < -0.3 is 9.80 Å². The molecule has 0 atom stereocenters. The largest absolute Gasteiger partial charge is 0.310 e. The molecular weight excluding hydrogens is 897 g/mol. The zero-order valence-electron chi connectivity index (χ0n) is 39.0. The number of nitrogens with zero attached hydrogens (tertiary/aromatic N) is 2. The van der Waals surface area contributed by atoms with Crippen molar-refractivity contribution in [3.05, 3.63) is 266 Å². The summed E-state index contributed by atoms with van der Waals surface area (Å²) in [6, 6.07) is 95.4. The van der Waals surface area contributed by atoms with Gasteiger partial charge in [0.25, 0.3) is 0 Å². The molecule has 4 heteroatoms. The van der Waals surface area contributed by atoms with E-state index in [9.17, 15) is 0 Å². The molecule has 336 valence electrons. The van der Waals surface area contributed by atoms with Crippen LogP contribution < -0.4 is 9.80 Å². The Kier molecular flexibility index (Phi) is 10.8. The Labute approximate surface area is 422 Å². The second-order valence-corrected chi connectivity index (χ2v) is 20.2. The number of hydrogen-bond acceptors (Lipinski definition) is 4. The monoisotopic (exact) mass is 942 g/mol. The molecule has 0 N–H and O–H groups in total. The number of para-hydroxylation sites is 4. The van der Waals surface area contributed by atoms with Gasteiger partial charge in [0.1, 0.15) is 0 Å². The van der Waals surface area contributed by atoms with E-state index in [0.717, 1.165) is 34.1 Å². The molecule has 0 amide bonds. The van der Waals surface area contributed by atoms with E-state index in [4.69, 9.17) is 0 Å². The number of anilines is 6. The number of thiophene rings is 2. The van der Waals surface area contributed by atoms with Crippen molar-refractivity contribution >= 4 is 97.1 Å². The molecule has 0 radical (unpaired) electrons. The summed E-state index contributed by atoms with van der Waals surface area (Å²) < 4.78 is 5.10. The fourth-order valence-electron chi connectivity index (χ4n) is 10.5. The van der Waals surface area contributed by atoms with Crippen LogP contribution in [0.2, 0.25) is 0 Å². The van der Waals surface area contributed by atoms with Gasteiger partial charge in [-0.25, -0.2) is 0 Å². The second kappa shape index (κ2) is 18.1. The highest BCUT2D eigenvalue weighted by molar-refractivity contribution is 7.27. The van der Waals surface area contributed by atoms with Crippen LogP contribution in [0.5, 0.6) is 0 Å². The maximum absolute atomic E-state index is 2.46. The Hall–Kier alpha value is -8.54. The van der Waals surface area contributed by atoms with Crippen molar-refractivity contribution in [2.45, 2.75) is 6.92 Å². The van der Waals surface area contributed by atoms with E-state index < -0.39 is 0 Å². The molecule has 2 heterocycles. The lowest BCUT2D eigenvalue weighted by Gasteiger charge is -2.27. The third kappa shape index (κ3) is 7.75. The Bertz CT molecular complexity index is 3690. The summed E-state index contributed by atoms with van der Waals surface area (Å²) in [5, 5.41) is 5.07. The van der Waals surface area contributed by atoms with Gasteiger partial charge >= 0.3 is 0 Å². The zero-order chi connectivity index (χ0) is 47.3. The van der Waals surface area contributed by atoms with Crippen molar-refractivity contribution in [1.82, 2.24) is 0 Å². The van der Waals surface area contributed by atoms with E-state index in [1.54, 1.807) is 0 Å². The molecule has 0 aliphatic carbocycles. The van der Waals surface area contributed by atoms with Crippen molar-refractivity contribution < 1.29 is 0 Å². The number of aryl methyl sites for hydroxylation is 1. The number of rotatable bonds is 10. The minimum Gasteiger partial charge on any atom is -0.310 e. The standard InChI is InChI=1S/C67H46N2S2/c1-45-38-48(58-41-54(68(50-26-12-4-13-27-50)51-28-14-5-15-29-51)43-60-64-56(46-22-8-2-9-23-46)34-20-36-62(64)70-66(58)60)40-49(39-45)59-42-55(69(52-30-16-6-17-31-52)53-32-18-7-19-33-53)44-61-65-57(47-24-10-3-11-25-47)35-21-37-63(65)71-67(59)61/h2-44H,1H3. The second-order valence-electron chi connectivity index (χ2n) is 18.1. The van der Waals surface area contributed by atoms with Crippen LogP contribution in [-0.2, 0) is 0 Å². The highest BCUT2D eigenvalue weighted by atomic mass is 32.1. The lowest BCUT2D eigenvalue weighted by Crippen LogP contribution is -2.10. The van der Waals surface area contributed by atoms with Gasteiger partial charge in [-0.2, -0.15) is 0 Å². The van der Waals surface area contributed by atoms with Crippen LogP contribution in [-0.4, -0.2) is 0 Å². The third-order valence-electron chi connectivity index (χ3n) is 13.6. The molecular formula is C67H46N2S2. The average Bonchev–Trinajstić information content (AvgIpc) is 4.01. The van der Waals surface area contributed by atoms with Crippen molar-refractivity contribution in [2.24, 2.45) is 0 Å². The first-order valence-electron chi connectivity index (χ1n) is 24.2. The normalized spacial score (nSPS) is 11.5. The third-order valence-corrected chi connectivity index (χ3v) is 16.0. The molecule has 13 aromatic rings. The van der Waals surface area contributed by atoms with E-state index in [-0.39, 0.29) is 0 Å². The lowest BCUT2D eigenvalue weighted by atomic mass is 9.92. The van der Waals surface area contributed by atoms with Crippen molar-refractivity contribution in [1.29, 1.82) is 0 Å². The molecule has 0 spiro atoms. The number of hydrogen-bond donors (Lipinski definition) is 0. The Morgan fingerprint density at radius 1 is 0.268 bits per heavy atom. The Morgan fingerprint density at radius 3 is 0.958 bits per heavy atom. The predicted octanol–water partition coefficient (Wildman–Crippen LogP) is 20.3. The van der Waals surface area contributed by atoms with Crippen LogP contribution in [0.1, 0.15) is 5.56 Å². The molecule has 13 rings (SSSR count). The summed E-state index contributed by atoms with van der Waals surface area (Å²) >= 11 is 3.79. The van der Waals surface area contributed by atoms with E-state index in [1.807, 2.05) is 22.7 Å². The van der Waals surface area contributed by atoms with Crippen molar-refractivity contribution in [2.75, 3.05) is 9.80 Å². The fraction of sp³-hybridized carbons (Fsp3) is 0.0149. The van der Waals surface area contributed by atoms with Crippen molar-refractivity contribution in [3.8, 4) is 44.5 Å². The van der Waals surface area contributed by atoms with Gasteiger partial charge in [0, 0.05) is 85.6 Å². The van der Waals surface area contributed by atoms with Crippen molar-refractivity contribution in [3.63, 3.8) is 0 Å². The van der Waals surface area contributed by atoms with Crippen LogP contribution in [0.3, 0.4) is 0 Å². The van der Waals surface area contributed by atoms with Gasteiger partial charge in [0.05, 0.1) is 0 Å². The Morgan fingerprint density at radius 2 is 0.606 bits per heavy atom. The lowest BCUT2D eigenvalue weighted by molar-refractivity contribution is 1.29. The molecule has 0 saturated heterocycles. The van der Waals surface area contributed by atoms with Crippen LogP contribution >= 0.6 is 22.7 Å². The molecule has 0 bridgehead atoms. The molecule has 0 aliphatic heterocycles. The van der Waals surface area contributed by atoms with E-state index in [1.165, 1.54) is 90.4 Å². The summed E-state index contributed by atoms with van der Waals surface area (Å²) in [6.45, 7) is 2.26. The number of fused-ring (bicyclic) bond motifs is 6.